The number of fused-ring (bicyclic) bond motifs is 3. The lowest BCUT2D eigenvalue weighted by molar-refractivity contribution is -0.246. The van der Waals surface area contributed by atoms with E-state index in [-0.39, 0.29) is 52.9 Å². The third-order valence-electron chi connectivity index (χ3n) is 9.87. The normalized spacial score (nSPS) is 57.6. The van der Waals surface area contributed by atoms with Crippen molar-refractivity contribution in [3.63, 3.8) is 0 Å². The Labute approximate surface area is 171 Å². The van der Waals surface area contributed by atoms with E-state index < -0.39 is 5.41 Å². The van der Waals surface area contributed by atoms with Crippen molar-refractivity contribution in [2.45, 2.75) is 71.3 Å². The van der Waals surface area contributed by atoms with Crippen molar-refractivity contribution in [2.24, 2.45) is 39.9 Å². The van der Waals surface area contributed by atoms with Crippen molar-refractivity contribution in [3.05, 3.63) is 0 Å². The Morgan fingerprint density at radius 2 is 1.93 bits per heavy atom. The van der Waals surface area contributed by atoms with Crippen LogP contribution in [0.3, 0.4) is 0 Å². The van der Waals surface area contributed by atoms with Gasteiger partial charge in [-0.15, -0.1) is 0 Å². The largest absolute Gasteiger partial charge is 0.459 e. The van der Waals surface area contributed by atoms with Crippen LogP contribution < -0.4 is 0 Å². The average Bonchev–Trinajstić information content (AvgIpc) is 2.91. The zero-order chi connectivity index (χ0) is 20.5. The molecule has 2 saturated heterocycles. The van der Waals surface area contributed by atoms with E-state index in [0.717, 1.165) is 19.3 Å². The van der Waals surface area contributed by atoms with Gasteiger partial charge in [0.15, 0.2) is 0 Å². The molecule has 0 aromatic heterocycles. The number of hydrogen-bond acceptors (Lipinski definition) is 6. The molecule has 5 aliphatic carbocycles. The Balaban J connectivity index is 1.53. The number of ketones is 2. The van der Waals surface area contributed by atoms with Crippen LogP contribution in [0.15, 0.2) is 0 Å². The van der Waals surface area contributed by atoms with Crippen LogP contribution in [-0.4, -0.2) is 54.5 Å². The number of esters is 1. The molecule has 2 aliphatic heterocycles. The van der Waals surface area contributed by atoms with E-state index in [1.807, 2.05) is 0 Å². The number of piperidine rings is 1. The molecule has 0 aromatic rings. The summed E-state index contributed by atoms with van der Waals surface area (Å²) in [7, 11) is 2.08. The first-order valence-corrected chi connectivity index (χ1v) is 11.2. The Morgan fingerprint density at radius 1 is 1.21 bits per heavy atom. The van der Waals surface area contributed by atoms with Gasteiger partial charge in [-0.05, 0) is 43.6 Å². The SMILES string of the molecule is CC(=O)O[C@@H]1[C@H]2C[C@]34C(O2)N(C)C[C@@]1(C)[C@H]3C(=O)C[C@@]12CC(=O)[C@@H](C[C@H]14)[C@H](C)C2. The number of carbonyl (C=O) groups is 3. The Morgan fingerprint density at radius 3 is 2.62 bits per heavy atom. The minimum absolute atomic E-state index is 0.123. The molecule has 0 N–H and O–H groups in total. The number of carbonyl (C=O) groups excluding carboxylic acids is 3. The van der Waals surface area contributed by atoms with Crippen LogP contribution in [0, 0.1) is 39.9 Å². The zero-order valence-corrected chi connectivity index (χ0v) is 17.8. The molecule has 7 rings (SSSR count). The Hall–Kier alpha value is -1.27. The van der Waals surface area contributed by atoms with Crippen LogP contribution in [0.25, 0.3) is 0 Å². The van der Waals surface area contributed by atoms with E-state index in [1.54, 1.807) is 0 Å². The molecule has 158 valence electrons. The molecule has 2 heterocycles. The molecule has 0 amide bonds. The first-order valence-electron chi connectivity index (χ1n) is 11.2. The fourth-order valence-corrected chi connectivity index (χ4v) is 9.60. The fourth-order valence-electron chi connectivity index (χ4n) is 9.60. The van der Waals surface area contributed by atoms with E-state index in [1.165, 1.54) is 6.92 Å². The quantitative estimate of drug-likeness (QED) is 0.627. The average molecular weight is 402 g/mol. The predicted molar refractivity (Wildman–Crippen MR) is 103 cm³/mol. The van der Waals surface area contributed by atoms with Crippen molar-refractivity contribution in [3.8, 4) is 0 Å². The monoisotopic (exact) mass is 401 g/mol. The van der Waals surface area contributed by atoms with Gasteiger partial charge in [-0.2, -0.15) is 0 Å². The minimum atomic E-state index is -0.443. The van der Waals surface area contributed by atoms with Gasteiger partial charge in [-0.3, -0.25) is 19.3 Å². The van der Waals surface area contributed by atoms with Gasteiger partial charge in [-0.1, -0.05) is 13.8 Å². The molecule has 7 fully saturated rings. The summed E-state index contributed by atoms with van der Waals surface area (Å²) in [5.41, 5.74) is -0.887. The highest BCUT2D eigenvalue weighted by molar-refractivity contribution is 5.90. The van der Waals surface area contributed by atoms with E-state index in [4.69, 9.17) is 9.47 Å². The Kier molecular flexibility index (Phi) is 3.39. The van der Waals surface area contributed by atoms with Crippen LogP contribution in [0.4, 0.5) is 0 Å². The summed E-state index contributed by atoms with van der Waals surface area (Å²) >= 11 is 0. The lowest BCUT2D eigenvalue weighted by Crippen LogP contribution is -2.75. The summed E-state index contributed by atoms with van der Waals surface area (Å²) in [5.74, 6) is 1.04. The number of rotatable bonds is 1. The maximum atomic E-state index is 13.9. The van der Waals surface area contributed by atoms with Gasteiger partial charge >= 0.3 is 5.97 Å². The van der Waals surface area contributed by atoms with E-state index in [2.05, 4.69) is 25.8 Å². The molecular formula is C23H31NO5. The van der Waals surface area contributed by atoms with Gasteiger partial charge in [0.25, 0.3) is 0 Å². The molecule has 10 atom stereocenters. The second-order valence-electron chi connectivity index (χ2n) is 11.5. The third-order valence-corrected chi connectivity index (χ3v) is 9.87. The smallest absolute Gasteiger partial charge is 0.303 e. The molecular weight excluding hydrogens is 370 g/mol. The van der Waals surface area contributed by atoms with Gasteiger partial charge in [0.2, 0.25) is 0 Å². The molecule has 0 aromatic carbocycles. The summed E-state index contributed by atoms with van der Waals surface area (Å²) < 4.78 is 12.4. The second-order valence-corrected chi connectivity index (χ2v) is 11.5. The molecule has 6 heteroatoms. The lowest BCUT2D eigenvalue weighted by Gasteiger charge is -2.70. The molecule has 29 heavy (non-hydrogen) atoms. The predicted octanol–water partition coefficient (Wildman–Crippen LogP) is 2.20. The van der Waals surface area contributed by atoms with Crippen molar-refractivity contribution >= 4 is 17.5 Å². The van der Waals surface area contributed by atoms with Gasteiger partial charge < -0.3 is 9.47 Å². The first-order chi connectivity index (χ1) is 13.6. The summed E-state index contributed by atoms with van der Waals surface area (Å²) in [4.78, 5) is 40.9. The van der Waals surface area contributed by atoms with Crippen molar-refractivity contribution in [1.29, 1.82) is 0 Å². The zero-order valence-electron chi connectivity index (χ0n) is 17.8. The van der Waals surface area contributed by atoms with Crippen LogP contribution in [0.5, 0.6) is 0 Å². The molecule has 7 aliphatic rings. The number of Topliss-reactive ketones (excluding diaryl/α,β-unsaturated/α-hetero) is 2. The van der Waals surface area contributed by atoms with Gasteiger partial charge in [0.05, 0.1) is 6.10 Å². The van der Waals surface area contributed by atoms with Gasteiger partial charge in [0.1, 0.15) is 23.9 Å². The fraction of sp³-hybridized carbons (Fsp3) is 0.870. The first kappa shape index (κ1) is 18.5. The highest BCUT2D eigenvalue weighted by Crippen LogP contribution is 2.76. The highest BCUT2D eigenvalue weighted by Gasteiger charge is 2.80. The minimum Gasteiger partial charge on any atom is -0.459 e. The van der Waals surface area contributed by atoms with E-state index >= 15 is 0 Å². The van der Waals surface area contributed by atoms with Crippen molar-refractivity contribution in [2.75, 3.05) is 13.6 Å². The van der Waals surface area contributed by atoms with Crippen LogP contribution in [0.1, 0.15) is 52.9 Å². The molecule has 2 spiro atoms. The third kappa shape index (κ3) is 1.94. The van der Waals surface area contributed by atoms with Gasteiger partial charge in [0, 0.05) is 49.0 Å². The summed E-state index contributed by atoms with van der Waals surface area (Å²) in [5, 5.41) is 0. The van der Waals surface area contributed by atoms with E-state index in [0.29, 0.717) is 37.0 Å². The molecule has 0 radical (unpaired) electrons. The van der Waals surface area contributed by atoms with Crippen LogP contribution in [0.2, 0.25) is 0 Å². The summed E-state index contributed by atoms with van der Waals surface area (Å²) in [6, 6.07) is 0. The molecule has 1 unspecified atom stereocenters. The molecule has 6 nitrogen and oxygen atoms in total. The lowest BCUT2D eigenvalue weighted by atomic mass is 9.34. The summed E-state index contributed by atoms with van der Waals surface area (Å²) in [6.07, 6.45) is 3.07. The van der Waals surface area contributed by atoms with Gasteiger partial charge in [-0.25, -0.2) is 0 Å². The molecule has 5 saturated carbocycles. The number of ether oxygens (including phenoxy) is 2. The van der Waals surface area contributed by atoms with Crippen LogP contribution in [-0.2, 0) is 23.9 Å². The standard InChI is InChI=1S/C23H31NO5/c1-11-6-22-7-14(26)13(11)5-17(22)23-9-16-19(28-12(2)25)21(3,18(23)15(27)8-22)10-24(4)20(23)29-16/h11,13,16-20H,5-10H2,1-4H3/t11-,13+,16-,17-,18-,19-,20?,21+,22-,23-/m1/s1. The topological polar surface area (TPSA) is 72.9 Å². The van der Waals surface area contributed by atoms with Crippen molar-refractivity contribution < 1.29 is 23.9 Å². The van der Waals surface area contributed by atoms with Crippen LogP contribution >= 0.6 is 0 Å². The Bertz CT molecular complexity index is 841. The van der Waals surface area contributed by atoms with Crippen molar-refractivity contribution in [1.82, 2.24) is 4.90 Å². The number of nitrogens with zero attached hydrogens (tertiary/aromatic N) is 1. The summed E-state index contributed by atoms with van der Waals surface area (Å²) in [6.45, 7) is 6.47. The number of likely N-dealkylation sites (tertiary alicyclic amines) is 1. The number of hydrogen-bond donors (Lipinski definition) is 0. The second kappa shape index (κ2) is 5.31. The highest BCUT2D eigenvalue weighted by atomic mass is 16.6. The maximum Gasteiger partial charge on any atom is 0.303 e. The maximum absolute atomic E-state index is 13.9. The molecule has 5 bridgehead atoms. The van der Waals surface area contributed by atoms with E-state index in [9.17, 15) is 14.4 Å².